The molecule has 0 aromatic rings. The molecule has 0 spiro atoms. The third-order valence-corrected chi connectivity index (χ3v) is 2.86. The van der Waals surface area contributed by atoms with Crippen molar-refractivity contribution in [2.75, 3.05) is 13.2 Å². The lowest BCUT2D eigenvalue weighted by molar-refractivity contribution is -0.193. The van der Waals surface area contributed by atoms with Gasteiger partial charge in [0.15, 0.2) is 24.4 Å². The summed E-state index contributed by atoms with van der Waals surface area (Å²) in [5.41, 5.74) is 0. The summed E-state index contributed by atoms with van der Waals surface area (Å²) in [4.78, 5) is 45.2. The van der Waals surface area contributed by atoms with E-state index >= 15 is 0 Å². The van der Waals surface area contributed by atoms with Crippen LogP contribution in [0.1, 0.15) is 27.7 Å². The molecule has 0 N–H and O–H groups in total. The molecule has 0 aromatic carbocycles. The summed E-state index contributed by atoms with van der Waals surface area (Å²) in [7, 11) is 0. The molecular formula is C14H20O9. The van der Waals surface area contributed by atoms with Crippen LogP contribution in [-0.4, -0.2) is 61.5 Å². The van der Waals surface area contributed by atoms with Crippen LogP contribution in [0, 0.1) is 0 Å². The molecule has 23 heavy (non-hydrogen) atoms. The summed E-state index contributed by atoms with van der Waals surface area (Å²) >= 11 is 0. The van der Waals surface area contributed by atoms with Gasteiger partial charge in [0.1, 0.15) is 0 Å². The van der Waals surface area contributed by atoms with Crippen molar-refractivity contribution in [2.45, 2.75) is 52.1 Å². The fourth-order valence-corrected chi connectivity index (χ4v) is 2.21. The van der Waals surface area contributed by atoms with Crippen LogP contribution in [0.3, 0.4) is 0 Å². The Kier molecular flexibility index (Phi) is 6.95. The topological polar surface area (TPSA) is 114 Å². The first-order chi connectivity index (χ1) is 10.7. The lowest BCUT2D eigenvalue weighted by Gasteiger charge is -2.31. The van der Waals surface area contributed by atoms with E-state index in [1.54, 1.807) is 0 Å². The molecule has 130 valence electrons. The molecule has 0 amide bonds. The van der Waals surface area contributed by atoms with Gasteiger partial charge in [-0.3, -0.25) is 19.2 Å². The van der Waals surface area contributed by atoms with E-state index in [1.165, 1.54) is 13.8 Å². The molecule has 0 aromatic heterocycles. The molecule has 0 radical (unpaired) electrons. The van der Waals surface area contributed by atoms with E-state index in [-0.39, 0.29) is 13.2 Å². The van der Waals surface area contributed by atoms with Crippen LogP contribution in [0.25, 0.3) is 0 Å². The number of hydrogen-bond donors (Lipinski definition) is 0. The highest BCUT2D eigenvalue weighted by atomic mass is 16.6. The van der Waals surface area contributed by atoms with Crippen molar-refractivity contribution in [1.82, 2.24) is 0 Å². The molecule has 4 atom stereocenters. The van der Waals surface area contributed by atoms with E-state index in [4.69, 9.17) is 23.7 Å². The maximum Gasteiger partial charge on any atom is 0.303 e. The molecule has 0 unspecified atom stereocenters. The Morgan fingerprint density at radius 1 is 0.652 bits per heavy atom. The Morgan fingerprint density at radius 2 is 0.957 bits per heavy atom. The van der Waals surface area contributed by atoms with Gasteiger partial charge in [-0.25, -0.2) is 0 Å². The number of esters is 4. The van der Waals surface area contributed by atoms with Crippen LogP contribution < -0.4 is 0 Å². The van der Waals surface area contributed by atoms with E-state index in [9.17, 15) is 19.2 Å². The number of carbonyl (C=O) groups is 4. The Hall–Kier alpha value is -2.16. The van der Waals surface area contributed by atoms with Crippen LogP contribution >= 0.6 is 0 Å². The molecule has 9 heteroatoms. The van der Waals surface area contributed by atoms with Crippen LogP contribution in [0.15, 0.2) is 0 Å². The van der Waals surface area contributed by atoms with Crippen molar-refractivity contribution in [2.24, 2.45) is 0 Å². The smallest absolute Gasteiger partial charge is 0.303 e. The van der Waals surface area contributed by atoms with Gasteiger partial charge in [0.05, 0.1) is 13.2 Å². The number of hydrogen-bond acceptors (Lipinski definition) is 9. The summed E-state index contributed by atoms with van der Waals surface area (Å²) in [6.07, 6.45) is -4.32. The van der Waals surface area contributed by atoms with Gasteiger partial charge in [-0.15, -0.1) is 0 Å². The summed E-state index contributed by atoms with van der Waals surface area (Å²) in [6.45, 7) is 4.46. The summed E-state index contributed by atoms with van der Waals surface area (Å²) in [6, 6.07) is 0. The van der Waals surface area contributed by atoms with Gasteiger partial charge in [-0.2, -0.15) is 0 Å². The van der Waals surface area contributed by atoms with Crippen LogP contribution in [-0.2, 0) is 42.9 Å². The maximum absolute atomic E-state index is 11.4. The predicted molar refractivity (Wildman–Crippen MR) is 73.0 cm³/mol. The quantitative estimate of drug-likeness (QED) is 0.507. The SMILES string of the molecule is CC(=O)O[C@@H]1[C@H](OC(C)=O)[C@@H](OC(C)=O)COC[C@H]1OC(C)=O. The molecule has 0 aliphatic carbocycles. The molecule has 1 aliphatic rings. The van der Waals surface area contributed by atoms with Gasteiger partial charge in [0.2, 0.25) is 0 Å². The van der Waals surface area contributed by atoms with E-state index in [0.717, 1.165) is 13.8 Å². The highest BCUT2D eigenvalue weighted by Gasteiger charge is 2.45. The molecular weight excluding hydrogens is 312 g/mol. The molecule has 1 saturated heterocycles. The number of rotatable bonds is 4. The summed E-state index contributed by atoms with van der Waals surface area (Å²) in [5, 5.41) is 0. The first-order valence-electron chi connectivity index (χ1n) is 6.97. The minimum absolute atomic E-state index is 0.104. The zero-order valence-corrected chi connectivity index (χ0v) is 13.4. The second-order valence-corrected chi connectivity index (χ2v) is 4.98. The van der Waals surface area contributed by atoms with Crippen molar-refractivity contribution in [1.29, 1.82) is 0 Å². The van der Waals surface area contributed by atoms with Crippen molar-refractivity contribution >= 4 is 23.9 Å². The molecule has 1 aliphatic heterocycles. The fourth-order valence-electron chi connectivity index (χ4n) is 2.21. The largest absolute Gasteiger partial charge is 0.456 e. The summed E-state index contributed by atoms with van der Waals surface area (Å²) in [5.74, 6) is -2.59. The van der Waals surface area contributed by atoms with Crippen molar-refractivity contribution in [3.05, 3.63) is 0 Å². The minimum Gasteiger partial charge on any atom is -0.456 e. The second kappa shape index (κ2) is 8.47. The van der Waals surface area contributed by atoms with E-state index in [0.29, 0.717) is 0 Å². The lowest BCUT2D eigenvalue weighted by Crippen LogP contribution is -2.51. The number of ether oxygens (including phenoxy) is 5. The Balaban J connectivity index is 3.13. The van der Waals surface area contributed by atoms with E-state index in [1.807, 2.05) is 0 Å². The van der Waals surface area contributed by atoms with E-state index in [2.05, 4.69) is 0 Å². The summed E-state index contributed by atoms with van der Waals surface area (Å²) < 4.78 is 25.8. The van der Waals surface area contributed by atoms with Crippen molar-refractivity contribution in [3.8, 4) is 0 Å². The third-order valence-electron chi connectivity index (χ3n) is 2.86. The van der Waals surface area contributed by atoms with E-state index < -0.39 is 48.3 Å². The number of carbonyl (C=O) groups excluding carboxylic acids is 4. The standard InChI is InChI=1S/C14H20O9/c1-7(15)20-11-5-19-6-12(21-8(2)16)14(23-10(4)18)13(11)22-9(3)17/h11-14H,5-6H2,1-4H3/t11-,12+,13+,14-. The van der Waals surface area contributed by atoms with Gasteiger partial charge in [0, 0.05) is 27.7 Å². The molecule has 1 heterocycles. The van der Waals surface area contributed by atoms with Crippen molar-refractivity contribution in [3.63, 3.8) is 0 Å². The first-order valence-corrected chi connectivity index (χ1v) is 6.97. The zero-order chi connectivity index (χ0) is 17.6. The lowest BCUT2D eigenvalue weighted by atomic mass is 10.0. The second-order valence-electron chi connectivity index (χ2n) is 4.98. The van der Waals surface area contributed by atoms with Crippen LogP contribution in [0.4, 0.5) is 0 Å². The predicted octanol–water partition coefficient (Wildman–Crippen LogP) is -0.257. The third kappa shape index (κ3) is 6.23. The molecule has 0 bridgehead atoms. The molecule has 1 fully saturated rings. The van der Waals surface area contributed by atoms with Crippen LogP contribution in [0.2, 0.25) is 0 Å². The van der Waals surface area contributed by atoms with Crippen molar-refractivity contribution < 1.29 is 42.9 Å². The first kappa shape index (κ1) is 18.9. The highest BCUT2D eigenvalue weighted by molar-refractivity contribution is 5.69. The Morgan fingerprint density at radius 3 is 1.22 bits per heavy atom. The minimum atomic E-state index is -1.16. The Bertz CT molecular complexity index is 431. The van der Waals surface area contributed by atoms with Crippen LogP contribution in [0.5, 0.6) is 0 Å². The molecule has 1 rings (SSSR count). The zero-order valence-electron chi connectivity index (χ0n) is 13.4. The fraction of sp³-hybridized carbons (Fsp3) is 0.714. The average molecular weight is 332 g/mol. The molecule has 9 nitrogen and oxygen atoms in total. The monoisotopic (exact) mass is 332 g/mol. The molecule has 0 saturated carbocycles. The van der Waals surface area contributed by atoms with Gasteiger partial charge in [0.25, 0.3) is 0 Å². The van der Waals surface area contributed by atoms with Gasteiger partial charge in [-0.1, -0.05) is 0 Å². The van der Waals surface area contributed by atoms with Gasteiger partial charge in [-0.05, 0) is 0 Å². The van der Waals surface area contributed by atoms with Gasteiger partial charge < -0.3 is 23.7 Å². The Labute approximate surface area is 133 Å². The normalized spacial score (nSPS) is 27.3. The van der Waals surface area contributed by atoms with Gasteiger partial charge >= 0.3 is 23.9 Å². The average Bonchev–Trinajstić information content (AvgIpc) is 2.51. The maximum atomic E-state index is 11.4. The highest BCUT2D eigenvalue weighted by Crippen LogP contribution is 2.23.